The largest absolute Gasteiger partial charge is 0.480 e. The summed E-state index contributed by atoms with van der Waals surface area (Å²) in [5.74, 6) is -6.32. The number of nitrogens with zero attached hydrogens (tertiary/aromatic N) is 6. The number of carboxylic acid groups (broad SMARTS) is 5. The highest BCUT2D eigenvalue weighted by molar-refractivity contribution is 5.87. The van der Waals surface area contributed by atoms with E-state index in [0.29, 0.717) is 57.6 Å². The van der Waals surface area contributed by atoms with E-state index in [1.54, 1.807) is 25.8 Å². The monoisotopic (exact) mass is 942 g/mol. The number of aliphatic carboxylic acids is 5. The molecule has 2 heterocycles. The SMILES string of the molecule is CC(=O)CC[C@H](NC(=O)N[C@@H](CCCCN(Cc1nccc2ccccc12)C(=O)CCCCCC(=O)CN1CCN(CC(=O)O)CCN(CC(=O)O)CCN(CC(=O)O)CC1)C(=O)O)C(=O)O. The molecule has 1 aromatic carbocycles. The van der Waals surface area contributed by atoms with Crippen LogP contribution in [0, 0.1) is 0 Å². The number of carboxylic acids is 5. The van der Waals surface area contributed by atoms with E-state index in [0.717, 1.165) is 10.8 Å². The van der Waals surface area contributed by atoms with E-state index in [2.05, 4.69) is 15.6 Å². The first kappa shape index (κ1) is 55.2. The summed E-state index contributed by atoms with van der Waals surface area (Å²) in [5, 5.41) is 53.9. The van der Waals surface area contributed by atoms with Gasteiger partial charge in [0.25, 0.3) is 0 Å². The fourth-order valence-electron chi connectivity index (χ4n) is 7.70. The molecule has 3 amide bonds. The number of carbonyl (C=O) groups is 9. The van der Waals surface area contributed by atoms with E-state index in [9.17, 15) is 68.7 Å². The number of benzene rings is 1. The minimum absolute atomic E-state index is 0.0114. The quantitative estimate of drug-likeness (QED) is 0.0592. The van der Waals surface area contributed by atoms with Crippen molar-refractivity contribution in [1.82, 2.24) is 40.1 Å². The summed E-state index contributed by atoms with van der Waals surface area (Å²) in [6.45, 7) is 3.26. The first-order chi connectivity index (χ1) is 31.9. The van der Waals surface area contributed by atoms with Gasteiger partial charge in [0.15, 0.2) is 0 Å². The number of amides is 3. The van der Waals surface area contributed by atoms with E-state index >= 15 is 0 Å². The first-order valence-corrected chi connectivity index (χ1v) is 22.6. The fourth-order valence-corrected chi connectivity index (χ4v) is 7.70. The van der Waals surface area contributed by atoms with Crippen LogP contribution in [0.1, 0.15) is 76.8 Å². The van der Waals surface area contributed by atoms with Crippen LogP contribution in [0.3, 0.4) is 0 Å². The molecule has 0 bridgehead atoms. The minimum atomic E-state index is -1.39. The lowest BCUT2D eigenvalue weighted by Crippen LogP contribution is -2.51. The van der Waals surface area contributed by atoms with Gasteiger partial charge >= 0.3 is 35.9 Å². The van der Waals surface area contributed by atoms with Crippen LogP contribution in [0.15, 0.2) is 36.5 Å². The van der Waals surface area contributed by atoms with Gasteiger partial charge in [0.05, 0.1) is 38.4 Å². The number of carbonyl (C=O) groups excluding carboxylic acids is 4. The summed E-state index contributed by atoms with van der Waals surface area (Å²) in [6.07, 6.45) is 4.01. The molecule has 0 unspecified atom stereocenters. The molecule has 1 saturated heterocycles. The number of hydrogen-bond donors (Lipinski definition) is 7. The molecular formula is C45H66N8O14. The van der Waals surface area contributed by atoms with Crippen LogP contribution in [-0.2, 0) is 44.9 Å². The van der Waals surface area contributed by atoms with Crippen LogP contribution < -0.4 is 10.6 Å². The van der Waals surface area contributed by atoms with Gasteiger partial charge in [0.2, 0.25) is 5.91 Å². The molecule has 3 rings (SSSR count). The molecular weight excluding hydrogens is 877 g/mol. The summed E-state index contributed by atoms with van der Waals surface area (Å²) >= 11 is 0. The van der Waals surface area contributed by atoms with Crippen molar-refractivity contribution in [2.24, 2.45) is 0 Å². The van der Waals surface area contributed by atoms with Gasteiger partial charge < -0.3 is 45.9 Å². The van der Waals surface area contributed by atoms with E-state index < -0.39 is 48.0 Å². The second-order valence-electron chi connectivity index (χ2n) is 16.8. The zero-order valence-electron chi connectivity index (χ0n) is 38.2. The zero-order chi connectivity index (χ0) is 49.3. The molecule has 370 valence electrons. The van der Waals surface area contributed by atoms with E-state index in [1.165, 1.54) is 6.92 Å². The van der Waals surface area contributed by atoms with Crippen LogP contribution in [0.2, 0.25) is 0 Å². The molecule has 0 radical (unpaired) electrons. The molecule has 1 aromatic heterocycles. The van der Waals surface area contributed by atoms with Crippen molar-refractivity contribution in [2.45, 2.75) is 89.8 Å². The molecule has 2 aromatic rings. The van der Waals surface area contributed by atoms with Crippen molar-refractivity contribution in [3.8, 4) is 0 Å². The predicted molar refractivity (Wildman–Crippen MR) is 242 cm³/mol. The Morgan fingerprint density at radius 3 is 1.60 bits per heavy atom. The van der Waals surface area contributed by atoms with Gasteiger partial charge in [-0.05, 0) is 56.9 Å². The molecule has 22 heteroatoms. The lowest BCUT2D eigenvalue weighted by molar-refractivity contribution is -0.140. The summed E-state index contributed by atoms with van der Waals surface area (Å²) in [7, 11) is 0. The molecule has 0 spiro atoms. The van der Waals surface area contributed by atoms with Gasteiger partial charge in [-0.3, -0.25) is 48.6 Å². The number of Topliss-reactive ketones (excluding diaryl/α,β-unsaturated/α-hetero) is 2. The van der Waals surface area contributed by atoms with Crippen molar-refractivity contribution in [3.05, 3.63) is 42.2 Å². The number of urea groups is 1. The maximum atomic E-state index is 13.8. The Bertz CT molecular complexity index is 1970. The summed E-state index contributed by atoms with van der Waals surface area (Å²) in [5.41, 5.74) is 0.676. The van der Waals surface area contributed by atoms with E-state index in [4.69, 9.17) is 0 Å². The minimum Gasteiger partial charge on any atom is -0.480 e. The molecule has 7 N–H and O–H groups in total. The van der Waals surface area contributed by atoms with Crippen molar-refractivity contribution < 1.29 is 68.7 Å². The fraction of sp³-hybridized carbons (Fsp3) is 0.600. The predicted octanol–water partition coefficient (Wildman–Crippen LogP) is 1.30. The van der Waals surface area contributed by atoms with Gasteiger partial charge in [-0.1, -0.05) is 30.7 Å². The smallest absolute Gasteiger partial charge is 0.326 e. The number of hydrogen-bond acceptors (Lipinski definition) is 14. The molecule has 0 aliphatic carbocycles. The van der Waals surface area contributed by atoms with Crippen molar-refractivity contribution in [1.29, 1.82) is 0 Å². The lowest BCUT2D eigenvalue weighted by atomic mass is 10.1. The summed E-state index contributed by atoms with van der Waals surface area (Å²) < 4.78 is 0. The second-order valence-corrected chi connectivity index (χ2v) is 16.8. The molecule has 2 atom stereocenters. The highest BCUT2D eigenvalue weighted by atomic mass is 16.4. The van der Waals surface area contributed by atoms with Crippen molar-refractivity contribution >= 4 is 64.1 Å². The Balaban J connectivity index is 1.58. The number of aromatic nitrogens is 1. The van der Waals surface area contributed by atoms with Crippen molar-refractivity contribution in [2.75, 3.05) is 85.1 Å². The Morgan fingerprint density at radius 1 is 0.597 bits per heavy atom. The molecule has 67 heavy (non-hydrogen) atoms. The molecule has 1 aliphatic heterocycles. The molecule has 22 nitrogen and oxygen atoms in total. The number of ketones is 2. The normalized spacial score (nSPS) is 15.6. The average molecular weight is 943 g/mol. The number of nitrogens with one attached hydrogen (secondary N) is 2. The standard InChI is InChI=1S/C45H66N8O14/c1-32(54)14-15-37(44(65)66)48-45(67)47-36(43(63)64)12-7-8-18-53(28-38-35-11-6-5-9-33(35)16-17-46-38)39(56)13-4-2-3-10-34(55)27-49-19-21-50(29-40(57)58)23-25-52(31-42(61)62)26-24-51(22-20-49)30-41(59)60/h5-6,9,11,16-17,36-37H,2-4,7-8,10,12-15,18-31H2,1H3,(H,57,58)(H,59,60)(H,61,62)(H,63,64)(H,65,66)(H2,47,48,67)/t36-,37-/m0/s1. The number of pyridine rings is 1. The molecule has 1 fully saturated rings. The van der Waals surface area contributed by atoms with Gasteiger partial charge in [0, 0.05) is 89.7 Å². The Kier molecular flexibility index (Phi) is 24.3. The molecule has 0 saturated carbocycles. The second kappa shape index (κ2) is 29.5. The van der Waals surface area contributed by atoms with Crippen LogP contribution in [0.5, 0.6) is 0 Å². The first-order valence-electron chi connectivity index (χ1n) is 22.6. The zero-order valence-corrected chi connectivity index (χ0v) is 38.2. The Hall–Kier alpha value is -6.10. The van der Waals surface area contributed by atoms with Crippen molar-refractivity contribution in [3.63, 3.8) is 0 Å². The van der Waals surface area contributed by atoms with Gasteiger partial charge in [-0.25, -0.2) is 14.4 Å². The third-order valence-electron chi connectivity index (χ3n) is 11.4. The highest BCUT2D eigenvalue weighted by Gasteiger charge is 2.26. The lowest BCUT2D eigenvalue weighted by Gasteiger charge is -2.32. The van der Waals surface area contributed by atoms with E-state index in [-0.39, 0.29) is 121 Å². The van der Waals surface area contributed by atoms with Gasteiger partial charge in [-0.2, -0.15) is 0 Å². The van der Waals surface area contributed by atoms with Crippen LogP contribution in [-0.4, -0.2) is 206 Å². The van der Waals surface area contributed by atoms with Crippen LogP contribution in [0.25, 0.3) is 10.8 Å². The third-order valence-corrected chi connectivity index (χ3v) is 11.4. The van der Waals surface area contributed by atoms with Gasteiger partial charge in [-0.15, -0.1) is 0 Å². The number of rotatable bonds is 28. The highest BCUT2D eigenvalue weighted by Crippen LogP contribution is 2.20. The number of fused-ring (bicyclic) bond motifs is 1. The maximum absolute atomic E-state index is 13.8. The van der Waals surface area contributed by atoms with Gasteiger partial charge in [0.1, 0.15) is 23.7 Å². The Labute approximate surface area is 389 Å². The average Bonchev–Trinajstić information content (AvgIpc) is 3.25. The van der Waals surface area contributed by atoms with Crippen LogP contribution in [0.4, 0.5) is 4.79 Å². The topological polar surface area (TPSA) is 308 Å². The maximum Gasteiger partial charge on any atom is 0.326 e. The number of unbranched alkanes of at least 4 members (excludes halogenated alkanes) is 3. The van der Waals surface area contributed by atoms with Crippen LogP contribution >= 0.6 is 0 Å². The Morgan fingerprint density at radius 2 is 1.09 bits per heavy atom. The van der Waals surface area contributed by atoms with E-state index in [1.807, 2.05) is 35.2 Å². The molecule has 1 aliphatic rings. The summed E-state index contributed by atoms with van der Waals surface area (Å²) in [4.78, 5) is 122. The third kappa shape index (κ3) is 22.3. The summed E-state index contributed by atoms with van der Waals surface area (Å²) in [6, 6.07) is 5.75.